The summed E-state index contributed by atoms with van der Waals surface area (Å²) >= 11 is 0. The van der Waals surface area contributed by atoms with Crippen LogP contribution in [0.2, 0.25) is 0 Å². The number of aromatic nitrogens is 2. The lowest BCUT2D eigenvalue weighted by molar-refractivity contribution is 0.116. The van der Waals surface area contributed by atoms with Gasteiger partial charge in [0, 0.05) is 24.7 Å². The summed E-state index contributed by atoms with van der Waals surface area (Å²) in [7, 11) is 0. The summed E-state index contributed by atoms with van der Waals surface area (Å²) in [6, 6.07) is 2.34. The predicted molar refractivity (Wildman–Crippen MR) is 99.1 cm³/mol. The first-order chi connectivity index (χ1) is 11.7. The standard InChI is InChI=1S/C18H24N4.C2H6/c1-18(7-10-19)8-11-21(12-9-18)14-16-13-20-22(15-16)17-5-3-2-4-6-17;1-2/h3,5-6,13,15H,2,4,7-9,11-12,14H2,1H3;1-2H3. The van der Waals surface area contributed by atoms with Gasteiger partial charge in [0.15, 0.2) is 0 Å². The van der Waals surface area contributed by atoms with Crippen LogP contribution in [0.5, 0.6) is 0 Å². The highest BCUT2D eigenvalue weighted by Crippen LogP contribution is 2.34. The smallest absolute Gasteiger partial charge is 0.0627 e. The summed E-state index contributed by atoms with van der Waals surface area (Å²) in [5.74, 6) is 0. The number of likely N-dealkylation sites (tertiary alicyclic amines) is 1. The van der Waals surface area contributed by atoms with E-state index in [0.717, 1.165) is 45.3 Å². The van der Waals surface area contributed by atoms with Crippen molar-refractivity contribution in [2.45, 2.75) is 59.4 Å². The molecule has 0 N–H and O–H groups in total. The molecule has 1 aliphatic heterocycles. The molecule has 0 aromatic carbocycles. The van der Waals surface area contributed by atoms with Crippen LogP contribution in [0.1, 0.15) is 58.4 Å². The molecule has 4 heteroatoms. The van der Waals surface area contributed by atoms with E-state index in [4.69, 9.17) is 5.26 Å². The van der Waals surface area contributed by atoms with Gasteiger partial charge in [0.2, 0.25) is 0 Å². The third kappa shape index (κ3) is 4.82. The first kappa shape index (κ1) is 18.5. The third-order valence-electron chi connectivity index (χ3n) is 4.85. The monoisotopic (exact) mass is 326 g/mol. The number of allylic oxidation sites excluding steroid dienone is 4. The molecule has 0 spiro atoms. The van der Waals surface area contributed by atoms with Crippen LogP contribution < -0.4 is 0 Å². The Bertz CT molecular complexity index is 610. The normalized spacial score (nSPS) is 19.8. The highest BCUT2D eigenvalue weighted by Gasteiger charge is 2.29. The van der Waals surface area contributed by atoms with Crippen molar-refractivity contribution >= 4 is 5.70 Å². The van der Waals surface area contributed by atoms with E-state index in [1.54, 1.807) is 0 Å². The molecule has 4 nitrogen and oxygen atoms in total. The van der Waals surface area contributed by atoms with Crippen molar-refractivity contribution in [1.82, 2.24) is 14.7 Å². The molecular formula is C20H30N4. The quantitative estimate of drug-likeness (QED) is 0.811. The Morgan fingerprint density at radius 2 is 2.00 bits per heavy atom. The molecule has 0 saturated carbocycles. The minimum Gasteiger partial charge on any atom is -0.299 e. The molecule has 1 aliphatic carbocycles. The largest absolute Gasteiger partial charge is 0.299 e. The molecule has 130 valence electrons. The summed E-state index contributed by atoms with van der Waals surface area (Å²) in [4.78, 5) is 2.48. The molecule has 3 rings (SSSR count). The van der Waals surface area contributed by atoms with Gasteiger partial charge in [-0.05, 0) is 50.3 Å². The fraction of sp³-hybridized carbons (Fsp3) is 0.600. The molecule has 2 heterocycles. The molecule has 1 saturated heterocycles. The zero-order valence-corrected chi connectivity index (χ0v) is 15.3. The lowest BCUT2D eigenvalue weighted by atomic mass is 9.78. The summed E-state index contributed by atoms with van der Waals surface area (Å²) in [5, 5.41) is 13.4. The van der Waals surface area contributed by atoms with Gasteiger partial charge in [-0.3, -0.25) is 4.90 Å². The van der Waals surface area contributed by atoms with Crippen LogP contribution in [0.4, 0.5) is 0 Å². The van der Waals surface area contributed by atoms with Gasteiger partial charge in [-0.2, -0.15) is 10.4 Å². The molecule has 0 bridgehead atoms. The van der Waals surface area contributed by atoms with Crippen LogP contribution in [-0.4, -0.2) is 27.8 Å². The van der Waals surface area contributed by atoms with Gasteiger partial charge in [-0.1, -0.05) is 32.9 Å². The number of rotatable bonds is 4. The second kappa shape index (κ2) is 8.84. The lowest BCUT2D eigenvalue weighted by Crippen LogP contribution is -2.38. The third-order valence-corrected chi connectivity index (χ3v) is 4.85. The van der Waals surface area contributed by atoms with E-state index in [1.165, 1.54) is 11.3 Å². The SMILES string of the molecule is CC.CC1(CC#N)CCN(Cc2cnn(C3=CCCC=C3)c2)CC1. The van der Waals surface area contributed by atoms with E-state index in [-0.39, 0.29) is 5.41 Å². The summed E-state index contributed by atoms with van der Waals surface area (Å²) in [5.41, 5.74) is 2.66. The van der Waals surface area contributed by atoms with Crippen LogP contribution in [0.15, 0.2) is 30.6 Å². The maximum Gasteiger partial charge on any atom is 0.0627 e. The van der Waals surface area contributed by atoms with Gasteiger partial charge < -0.3 is 0 Å². The second-order valence-corrected chi connectivity index (χ2v) is 6.82. The Hall–Kier alpha value is -1.86. The number of piperidine rings is 1. The van der Waals surface area contributed by atoms with E-state index in [9.17, 15) is 0 Å². The maximum absolute atomic E-state index is 8.93. The highest BCUT2D eigenvalue weighted by molar-refractivity contribution is 5.57. The van der Waals surface area contributed by atoms with Gasteiger partial charge in [-0.15, -0.1) is 0 Å². The van der Waals surface area contributed by atoms with Crippen LogP contribution in [0, 0.1) is 16.7 Å². The van der Waals surface area contributed by atoms with Gasteiger partial charge in [0.05, 0.1) is 18.0 Å². The highest BCUT2D eigenvalue weighted by atomic mass is 15.3. The minimum atomic E-state index is 0.215. The summed E-state index contributed by atoms with van der Waals surface area (Å²) in [6.07, 6.45) is 15.9. The molecule has 2 aliphatic rings. The van der Waals surface area contributed by atoms with Crippen LogP contribution in [0.25, 0.3) is 5.70 Å². The first-order valence-corrected chi connectivity index (χ1v) is 9.18. The number of hydrogen-bond acceptors (Lipinski definition) is 3. The topological polar surface area (TPSA) is 44.9 Å². The van der Waals surface area contributed by atoms with E-state index in [1.807, 2.05) is 24.7 Å². The molecule has 0 amide bonds. The van der Waals surface area contributed by atoms with E-state index in [0.29, 0.717) is 6.42 Å². The second-order valence-electron chi connectivity index (χ2n) is 6.82. The lowest BCUT2D eigenvalue weighted by Gasteiger charge is -2.37. The van der Waals surface area contributed by atoms with Crippen molar-refractivity contribution in [3.05, 3.63) is 36.2 Å². The molecule has 0 unspecified atom stereocenters. The van der Waals surface area contributed by atoms with E-state index >= 15 is 0 Å². The average Bonchev–Trinajstić information content (AvgIpc) is 3.08. The van der Waals surface area contributed by atoms with Crippen molar-refractivity contribution in [3.8, 4) is 6.07 Å². The van der Waals surface area contributed by atoms with Crippen molar-refractivity contribution in [1.29, 1.82) is 5.26 Å². The van der Waals surface area contributed by atoms with Crippen molar-refractivity contribution in [2.75, 3.05) is 13.1 Å². The zero-order valence-electron chi connectivity index (χ0n) is 15.3. The Morgan fingerprint density at radius 3 is 2.62 bits per heavy atom. The molecule has 1 aromatic rings. The van der Waals surface area contributed by atoms with Gasteiger partial charge in [-0.25, -0.2) is 4.68 Å². The first-order valence-electron chi connectivity index (χ1n) is 9.18. The van der Waals surface area contributed by atoms with Crippen molar-refractivity contribution < 1.29 is 0 Å². The molecule has 1 fully saturated rings. The van der Waals surface area contributed by atoms with Gasteiger partial charge in [0.25, 0.3) is 0 Å². The number of hydrogen-bond donors (Lipinski definition) is 0. The molecule has 0 radical (unpaired) electrons. The Morgan fingerprint density at radius 1 is 1.25 bits per heavy atom. The van der Waals surface area contributed by atoms with Gasteiger partial charge >= 0.3 is 0 Å². The van der Waals surface area contributed by atoms with E-state index in [2.05, 4.69) is 47.4 Å². The predicted octanol–water partition coefficient (Wildman–Crippen LogP) is 4.62. The fourth-order valence-corrected chi connectivity index (χ4v) is 3.23. The summed E-state index contributed by atoms with van der Waals surface area (Å²) in [6.45, 7) is 9.35. The zero-order chi connectivity index (χ0) is 17.4. The maximum atomic E-state index is 8.93. The minimum absolute atomic E-state index is 0.215. The van der Waals surface area contributed by atoms with E-state index < -0.39 is 0 Å². The van der Waals surface area contributed by atoms with Gasteiger partial charge in [0.1, 0.15) is 0 Å². The van der Waals surface area contributed by atoms with Crippen LogP contribution >= 0.6 is 0 Å². The average molecular weight is 326 g/mol. The van der Waals surface area contributed by atoms with Crippen molar-refractivity contribution in [2.24, 2.45) is 5.41 Å². The molecule has 1 aromatic heterocycles. The molecule has 24 heavy (non-hydrogen) atoms. The fourth-order valence-electron chi connectivity index (χ4n) is 3.23. The molecular weight excluding hydrogens is 296 g/mol. The van der Waals surface area contributed by atoms with Crippen molar-refractivity contribution in [3.63, 3.8) is 0 Å². The van der Waals surface area contributed by atoms with Crippen LogP contribution in [0.3, 0.4) is 0 Å². The summed E-state index contributed by atoms with van der Waals surface area (Å²) < 4.78 is 1.98. The molecule has 0 atom stereocenters. The number of nitriles is 1. The Labute approximate surface area is 146 Å². The Kier molecular flexibility index (Phi) is 6.81. The van der Waals surface area contributed by atoms with Crippen LogP contribution in [-0.2, 0) is 6.54 Å². The number of nitrogens with zero attached hydrogens (tertiary/aromatic N) is 4. The Balaban J connectivity index is 0.00000100.